The van der Waals surface area contributed by atoms with Gasteiger partial charge in [0.25, 0.3) is 0 Å². The lowest BCUT2D eigenvalue weighted by Gasteiger charge is -2.16. The number of halogens is 2. The summed E-state index contributed by atoms with van der Waals surface area (Å²) in [7, 11) is 1.69. The van der Waals surface area contributed by atoms with Crippen molar-refractivity contribution in [3.8, 4) is 11.5 Å². The fraction of sp³-hybridized carbons (Fsp3) is 0.368. The molecule has 0 atom stereocenters. The maximum atomic E-state index is 6.06. The van der Waals surface area contributed by atoms with Crippen LogP contribution < -0.4 is 14.8 Å². The van der Waals surface area contributed by atoms with E-state index in [1.807, 2.05) is 49.4 Å². The predicted molar refractivity (Wildman–Crippen MR) is 104 cm³/mol. The highest BCUT2D eigenvalue weighted by Crippen LogP contribution is 2.32. The molecule has 2 aromatic rings. The molecule has 0 spiro atoms. The van der Waals surface area contributed by atoms with Crippen LogP contribution in [0, 0.1) is 0 Å². The van der Waals surface area contributed by atoms with Gasteiger partial charge < -0.3 is 19.5 Å². The first kappa shape index (κ1) is 21.6. The first-order valence-corrected chi connectivity index (χ1v) is 8.44. The topological polar surface area (TPSA) is 39.7 Å². The van der Waals surface area contributed by atoms with Crippen molar-refractivity contribution in [2.75, 3.05) is 26.9 Å². The molecular formula is C19H25Cl2NO3. The molecule has 0 aliphatic rings. The zero-order chi connectivity index (χ0) is 17.2. The minimum atomic E-state index is 0. The van der Waals surface area contributed by atoms with Gasteiger partial charge in [-0.3, -0.25) is 0 Å². The molecule has 4 nitrogen and oxygen atoms in total. The Morgan fingerprint density at radius 1 is 1.04 bits per heavy atom. The van der Waals surface area contributed by atoms with Gasteiger partial charge >= 0.3 is 0 Å². The Bertz CT molecular complexity index is 621. The van der Waals surface area contributed by atoms with E-state index < -0.39 is 0 Å². The number of methoxy groups -OCH3 is 1. The minimum Gasteiger partial charge on any atom is -0.490 e. The van der Waals surface area contributed by atoms with E-state index in [-0.39, 0.29) is 12.4 Å². The Kier molecular flexibility index (Phi) is 10.3. The Morgan fingerprint density at radius 2 is 1.80 bits per heavy atom. The largest absolute Gasteiger partial charge is 0.490 e. The van der Waals surface area contributed by atoms with Crippen LogP contribution in [0.15, 0.2) is 42.5 Å². The van der Waals surface area contributed by atoms with Crippen molar-refractivity contribution in [1.29, 1.82) is 0 Å². The van der Waals surface area contributed by atoms with Crippen molar-refractivity contribution >= 4 is 24.0 Å². The van der Waals surface area contributed by atoms with E-state index in [1.54, 1.807) is 7.11 Å². The molecule has 1 N–H and O–H groups in total. The van der Waals surface area contributed by atoms with Gasteiger partial charge in [0.1, 0.15) is 6.61 Å². The average Bonchev–Trinajstić information content (AvgIpc) is 2.60. The molecule has 138 valence electrons. The quantitative estimate of drug-likeness (QED) is 0.612. The van der Waals surface area contributed by atoms with Gasteiger partial charge in [0.2, 0.25) is 0 Å². The second kappa shape index (κ2) is 12.0. The van der Waals surface area contributed by atoms with Crippen LogP contribution in [0.3, 0.4) is 0 Å². The summed E-state index contributed by atoms with van der Waals surface area (Å²) < 4.78 is 16.8. The molecule has 2 aromatic carbocycles. The van der Waals surface area contributed by atoms with Crippen molar-refractivity contribution in [2.45, 2.75) is 20.1 Å². The number of nitrogens with one attached hydrogen (secondary N) is 1. The summed E-state index contributed by atoms with van der Waals surface area (Å²) in [4.78, 5) is 0. The average molecular weight is 386 g/mol. The third kappa shape index (κ3) is 7.12. The molecule has 2 rings (SSSR count). The van der Waals surface area contributed by atoms with E-state index in [1.165, 1.54) is 0 Å². The molecule has 0 aliphatic carbocycles. The van der Waals surface area contributed by atoms with Gasteiger partial charge in [-0.25, -0.2) is 0 Å². The lowest BCUT2D eigenvalue weighted by molar-refractivity contribution is 0.199. The van der Waals surface area contributed by atoms with Crippen LogP contribution >= 0.6 is 24.0 Å². The molecule has 0 radical (unpaired) electrons. The molecular weight excluding hydrogens is 361 g/mol. The summed E-state index contributed by atoms with van der Waals surface area (Å²) >= 11 is 5.92. The smallest absolute Gasteiger partial charge is 0.166 e. The fourth-order valence-electron chi connectivity index (χ4n) is 2.27. The lowest BCUT2D eigenvalue weighted by atomic mass is 10.1. The van der Waals surface area contributed by atoms with E-state index in [9.17, 15) is 0 Å². The second-order valence-electron chi connectivity index (χ2n) is 5.26. The summed E-state index contributed by atoms with van der Waals surface area (Å²) in [5.74, 6) is 1.54. The minimum absolute atomic E-state index is 0. The first-order valence-electron chi connectivity index (χ1n) is 8.06. The zero-order valence-electron chi connectivity index (χ0n) is 14.6. The molecule has 0 saturated heterocycles. The molecule has 0 aliphatic heterocycles. The van der Waals surface area contributed by atoms with Crippen LogP contribution in [-0.2, 0) is 17.9 Å². The van der Waals surface area contributed by atoms with Gasteiger partial charge in [-0.2, -0.15) is 0 Å². The zero-order valence-corrected chi connectivity index (χ0v) is 16.2. The van der Waals surface area contributed by atoms with E-state index in [4.69, 9.17) is 25.8 Å². The van der Waals surface area contributed by atoms with Crippen molar-refractivity contribution in [3.05, 3.63) is 58.6 Å². The third-order valence-electron chi connectivity index (χ3n) is 3.46. The van der Waals surface area contributed by atoms with Gasteiger partial charge in [0.05, 0.1) is 13.2 Å². The molecule has 0 heterocycles. The van der Waals surface area contributed by atoms with Crippen LogP contribution in [-0.4, -0.2) is 26.9 Å². The molecule has 0 bridgehead atoms. The number of hydrogen-bond donors (Lipinski definition) is 1. The van der Waals surface area contributed by atoms with Crippen molar-refractivity contribution in [1.82, 2.24) is 5.32 Å². The van der Waals surface area contributed by atoms with Gasteiger partial charge in [0.15, 0.2) is 11.5 Å². The van der Waals surface area contributed by atoms with E-state index in [0.717, 1.165) is 34.2 Å². The molecule has 0 aromatic heterocycles. The Morgan fingerprint density at radius 3 is 2.48 bits per heavy atom. The fourth-order valence-corrected chi connectivity index (χ4v) is 2.39. The van der Waals surface area contributed by atoms with Crippen LogP contribution in [0.2, 0.25) is 5.02 Å². The summed E-state index contributed by atoms with van der Waals surface area (Å²) in [6, 6.07) is 13.6. The SMILES string of the molecule is CCOc1cccc(CNCCOC)c1OCc1ccc(Cl)cc1.Cl. The highest BCUT2D eigenvalue weighted by molar-refractivity contribution is 6.30. The van der Waals surface area contributed by atoms with E-state index in [0.29, 0.717) is 26.4 Å². The predicted octanol–water partition coefficient (Wildman–Crippen LogP) is 4.48. The number of rotatable bonds is 10. The highest BCUT2D eigenvalue weighted by atomic mass is 35.5. The molecule has 0 unspecified atom stereocenters. The van der Waals surface area contributed by atoms with Crippen LogP contribution in [0.4, 0.5) is 0 Å². The van der Waals surface area contributed by atoms with Crippen molar-refractivity contribution < 1.29 is 14.2 Å². The Labute approximate surface area is 160 Å². The van der Waals surface area contributed by atoms with Gasteiger partial charge in [0, 0.05) is 30.8 Å². The maximum Gasteiger partial charge on any atom is 0.166 e. The summed E-state index contributed by atoms with van der Waals surface area (Å²) in [6.07, 6.45) is 0. The summed E-state index contributed by atoms with van der Waals surface area (Å²) in [5.41, 5.74) is 2.12. The second-order valence-corrected chi connectivity index (χ2v) is 5.70. The van der Waals surface area contributed by atoms with Crippen molar-refractivity contribution in [2.24, 2.45) is 0 Å². The van der Waals surface area contributed by atoms with Gasteiger partial charge in [-0.1, -0.05) is 35.9 Å². The van der Waals surface area contributed by atoms with Gasteiger partial charge in [-0.05, 0) is 30.7 Å². The molecule has 25 heavy (non-hydrogen) atoms. The monoisotopic (exact) mass is 385 g/mol. The first-order chi connectivity index (χ1) is 11.7. The van der Waals surface area contributed by atoms with Gasteiger partial charge in [-0.15, -0.1) is 12.4 Å². The molecule has 0 saturated carbocycles. The van der Waals surface area contributed by atoms with Crippen molar-refractivity contribution in [3.63, 3.8) is 0 Å². The maximum absolute atomic E-state index is 6.06. The van der Waals surface area contributed by atoms with Crippen LogP contribution in [0.25, 0.3) is 0 Å². The number of ether oxygens (including phenoxy) is 3. The third-order valence-corrected chi connectivity index (χ3v) is 3.71. The normalized spacial score (nSPS) is 10.2. The van der Waals surface area contributed by atoms with E-state index >= 15 is 0 Å². The molecule has 6 heteroatoms. The number of benzene rings is 2. The summed E-state index contributed by atoms with van der Waals surface area (Å²) in [6.45, 7) is 5.18. The van der Waals surface area contributed by atoms with Crippen LogP contribution in [0.5, 0.6) is 11.5 Å². The summed E-state index contributed by atoms with van der Waals surface area (Å²) in [5, 5.41) is 4.06. The molecule has 0 fully saturated rings. The highest BCUT2D eigenvalue weighted by Gasteiger charge is 2.11. The Hall–Kier alpha value is -1.46. The van der Waals surface area contributed by atoms with Crippen LogP contribution in [0.1, 0.15) is 18.1 Å². The standard InChI is InChI=1S/C19H24ClNO3.ClH/c1-3-23-18-6-4-5-16(13-21-11-12-22-2)19(18)24-14-15-7-9-17(20)10-8-15;/h4-10,21H,3,11-14H2,1-2H3;1H. The lowest BCUT2D eigenvalue weighted by Crippen LogP contribution is -2.19. The van der Waals surface area contributed by atoms with E-state index in [2.05, 4.69) is 5.32 Å². The Balaban J connectivity index is 0.00000312. The molecule has 0 amide bonds. The number of hydrogen-bond acceptors (Lipinski definition) is 4. The number of para-hydroxylation sites is 1.